The molecule has 0 saturated carbocycles. The minimum atomic E-state index is 0.137. The maximum absolute atomic E-state index is 12.8. The fraction of sp³-hybridized carbons (Fsp3) is 0.895. The predicted octanol–water partition coefficient (Wildman–Crippen LogP) is 2.95. The Hall–Kier alpha value is -1.26. The maximum atomic E-state index is 12.8. The zero-order valence-electron chi connectivity index (χ0n) is 15.4. The highest BCUT2D eigenvalue weighted by Crippen LogP contribution is 2.39. The van der Waals surface area contributed by atoms with Crippen molar-refractivity contribution in [3.8, 4) is 0 Å². The zero-order valence-corrected chi connectivity index (χ0v) is 15.4. The number of carbonyl (C=O) groups excluding carboxylic acids is 2. The second-order valence-corrected chi connectivity index (χ2v) is 8.50. The van der Waals surface area contributed by atoms with Crippen molar-refractivity contribution in [2.75, 3.05) is 39.3 Å². The normalized spacial score (nSPS) is 28.3. The predicted molar refractivity (Wildman–Crippen MR) is 94.7 cm³/mol. The van der Waals surface area contributed by atoms with E-state index in [1.54, 1.807) is 0 Å². The molecule has 24 heavy (non-hydrogen) atoms. The van der Waals surface area contributed by atoms with E-state index in [9.17, 15) is 9.59 Å². The number of piperidine rings is 2. The van der Waals surface area contributed by atoms with E-state index in [0.29, 0.717) is 18.2 Å². The van der Waals surface area contributed by atoms with E-state index in [0.717, 1.165) is 77.8 Å². The van der Waals surface area contributed by atoms with Gasteiger partial charge >= 0.3 is 6.03 Å². The molecule has 0 radical (unpaired) electrons. The molecule has 3 aliphatic heterocycles. The molecule has 3 fully saturated rings. The van der Waals surface area contributed by atoms with E-state index in [-0.39, 0.29) is 11.4 Å². The third-order valence-corrected chi connectivity index (χ3v) is 6.03. The molecule has 3 rings (SSSR count). The van der Waals surface area contributed by atoms with Crippen molar-refractivity contribution >= 4 is 11.9 Å². The third-order valence-electron chi connectivity index (χ3n) is 6.03. The largest absolute Gasteiger partial charge is 0.342 e. The average Bonchev–Trinajstić information content (AvgIpc) is 3.10. The van der Waals surface area contributed by atoms with Crippen LogP contribution in [-0.2, 0) is 4.79 Å². The summed E-state index contributed by atoms with van der Waals surface area (Å²) in [6.07, 6.45) is 7.19. The van der Waals surface area contributed by atoms with Gasteiger partial charge in [-0.05, 0) is 44.4 Å². The lowest BCUT2D eigenvalue weighted by Crippen LogP contribution is -2.56. The Bertz CT molecular complexity index is 473. The first-order valence-electron chi connectivity index (χ1n) is 9.81. The summed E-state index contributed by atoms with van der Waals surface area (Å²) in [7, 11) is 0. The van der Waals surface area contributed by atoms with Gasteiger partial charge in [-0.2, -0.15) is 0 Å². The zero-order chi connectivity index (χ0) is 17.2. The average molecular weight is 335 g/mol. The van der Waals surface area contributed by atoms with E-state index >= 15 is 0 Å². The first-order chi connectivity index (χ1) is 11.5. The summed E-state index contributed by atoms with van der Waals surface area (Å²) in [5.74, 6) is 0.930. The molecule has 0 aromatic rings. The van der Waals surface area contributed by atoms with Crippen molar-refractivity contribution in [2.45, 2.75) is 58.8 Å². The van der Waals surface area contributed by atoms with Crippen molar-refractivity contribution in [3.05, 3.63) is 0 Å². The second-order valence-electron chi connectivity index (χ2n) is 8.50. The van der Waals surface area contributed by atoms with Crippen LogP contribution in [0.2, 0.25) is 0 Å². The van der Waals surface area contributed by atoms with Gasteiger partial charge in [-0.3, -0.25) is 4.79 Å². The molecule has 5 heteroatoms. The molecule has 136 valence electrons. The van der Waals surface area contributed by atoms with Crippen LogP contribution in [0.15, 0.2) is 0 Å². The van der Waals surface area contributed by atoms with E-state index in [2.05, 4.69) is 23.6 Å². The number of urea groups is 1. The molecule has 1 unspecified atom stereocenters. The maximum Gasteiger partial charge on any atom is 0.320 e. The summed E-state index contributed by atoms with van der Waals surface area (Å²) < 4.78 is 0. The molecule has 0 aliphatic carbocycles. The van der Waals surface area contributed by atoms with Crippen LogP contribution in [0.1, 0.15) is 58.8 Å². The lowest BCUT2D eigenvalue weighted by Gasteiger charge is -2.48. The minimum Gasteiger partial charge on any atom is -0.342 e. The monoisotopic (exact) mass is 335 g/mol. The first-order valence-corrected chi connectivity index (χ1v) is 9.81. The standard InChI is InChI=1S/C19H33N3O2/c1-16(2)7-13-21-14-19(9-6-17(21)23)8-5-12-22(15-19)18(24)20-10-3-4-11-20/h16H,3-15H2,1-2H3. The van der Waals surface area contributed by atoms with Crippen LogP contribution in [0.5, 0.6) is 0 Å². The molecule has 3 heterocycles. The van der Waals surface area contributed by atoms with Gasteiger partial charge in [-0.1, -0.05) is 13.8 Å². The van der Waals surface area contributed by atoms with E-state index in [1.807, 2.05) is 4.90 Å². The number of nitrogens with zero attached hydrogens (tertiary/aromatic N) is 3. The van der Waals surface area contributed by atoms with Crippen molar-refractivity contribution in [1.29, 1.82) is 0 Å². The fourth-order valence-electron chi connectivity index (χ4n) is 4.53. The fourth-order valence-corrected chi connectivity index (χ4v) is 4.53. The highest BCUT2D eigenvalue weighted by molar-refractivity contribution is 5.77. The summed E-state index contributed by atoms with van der Waals surface area (Å²) in [6, 6.07) is 0.234. The second kappa shape index (κ2) is 7.32. The number of hydrogen-bond acceptors (Lipinski definition) is 2. The summed E-state index contributed by atoms with van der Waals surface area (Å²) in [5.41, 5.74) is 0.137. The van der Waals surface area contributed by atoms with Crippen molar-refractivity contribution < 1.29 is 9.59 Å². The highest BCUT2D eigenvalue weighted by atomic mass is 16.2. The SMILES string of the molecule is CC(C)CCN1CC2(CCCN(C(=O)N3CCCC3)C2)CCC1=O. The molecule has 1 spiro atoms. The quantitative estimate of drug-likeness (QED) is 0.796. The number of hydrogen-bond donors (Lipinski definition) is 0. The molecule has 3 aliphatic rings. The molecule has 0 bridgehead atoms. The van der Waals surface area contributed by atoms with Crippen LogP contribution in [0.3, 0.4) is 0 Å². The molecular weight excluding hydrogens is 302 g/mol. The summed E-state index contributed by atoms with van der Waals surface area (Å²) in [4.78, 5) is 31.2. The molecule has 1 atom stereocenters. The number of amides is 3. The van der Waals surface area contributed by atoms with E-state index in [1.165, 1.54) is 0 Å². The first kappa shape index (κ1) is 17.6. The van der Waals surface area contributed by atoms with Crippen LogP contribution in [0.25, 0.3) is 0 Å². The van der Waals surface area contributed by atoms with Gasteiger partial charge in [0.05, 0.1) is 0 Å². The molecule has 0 aromatic carbocycles. The Kier molecular flexibility index (Phi) is 5.36. The number of likely N-dealkylation sites (tertiary alicyclic amines) is 3. The van der Waals surface area contributed by atoms with E-state index < -0.39 is 0 Å². The number of carbonyl (C=O) groups is 2. The van der Waals surface area contributed by atoms with Gasteiger partial charge in [0.25, 0.3) is 0 Å². The van der Waals surface area contributed by atoms with Gasteiger partial charge in [0.2, 0.25) is 5.91 Å². The van der Waals surface area contributed by atoms with Crippen LogP contribution in [0.4, 0.5) is 4.79 Å². The Morgan fingerprint density at radius 3 is 2.46 bits per heavy atom. The van der Waals surface area contributed by atoms with Crippen LogP contribution >= 0.6 is 0 Å². The van der Waals surface area contributed by atoms with Gasteiger partial charge in [0, 0.05) is 51.1 Å². The van der Waals surface area contributed by atoms with Gasteiger partial charge in [-0.25, -0.2) is 4.79 Å². The molecule has 0 N–H and O–H groups in total. The van der Waals surface area contributed by atoms with Crippen molar-refractivity contribution in [1.82, 2.24) is 14.7 Å². The van der Waals surface area contributed by atoms with Crippen LogP contribution < -0.4 is 0 Å². The molecule has 3 saturated heterocycles. The molecule has 3 amide bonds. The van der Waals surface area contributed by atoms with Gasteiger partial charge < -0.3 is 14.7 Å². The summed E-state index contributed by atoms with van der Waals surface area (Å²) in [6.45, 7) is 9.70. The number of rotatable bonds is 3. The van der Waals surface area contributed by atoms with E-state index in [4.69, 9.17) is 0 Å². The molecule has 5 nitrogen and oxygen atoms in total. The Labute approximate surface area is 146 Å². The molecule has 0 aromatic heterocycles. The Morgan fingerprint density at radius 1 is 1.04 bits per heavy atom. The third kappa shape index (κ3) is 3.86. The lowest BCUT2D eigenvalue weighted by molar-refractivity contribution is -0.139. The topological polar surface area (TPSA) is 43.9 Å². The molecular formula is C19H33N3O2. The summed E-state index contributed by atoms with van der Waals surface area (Å²) >= 11 is 0. The van der Waals surface area contributed by atoms with Crippen LogP contribution in [-0.4, -0.2) is 65.9 Å². The van der Waals surface area contributed by atoms with Crippen molar-refractivity contribution in [2.24, 2.45) is 11.3 Å². The lowest BCUT2D eigenvalue weighted by atomic mass is 9.73. The Morgan fingerprint density at radius 2 is 1.75 bits per heavy atom. The van der Waals surface area contributed by atoms with Gasteiger partial charge in [0.15, 0.2) is 0 Å². The van der Waals surface area contributed by atoms with Gasteiger partial charge in [0.1, 0.15) is 0 Å². The Balaban J connectivity index is 1.63. The van der Waals surface area contributed by atoms with Crippen molar-refractivity contribution in [3.63, 3.8) is 0 Å². The van der Waals surface area contributed by atoms with Crippen LogP contribution in [0, 0.1) is 11.3 Å². The minimum absolute atomic E-state index is 0.137. The highest BCUT2D eigenvalue weighted by Gasteiger charge is 2.43. The smallest absolute Gasteiger partial charge is 0.320 e. The summed E-state index contributed by atoms with van der Waals surface area (Å²) in [5, 5.41) is 0. The van der Waals surface area contributed by atoms with Gasteiger partial charge in [-0.15, -0.1) is 0 Å².